The van der Waals surface area contributed by atoms with Crippen LogP contribution in [0.25, 0.3) is 23.5 Å². The number of thiazole rings is 1. The summed E-state index contributed by atoms with van der Waals surface area (Å²) in [5.41, 5.74) is 6.61. The van der Waals surface area contributed by atoms with Gasteiger partial charge in [0.15, 0.2) is 4.80 Å². The number of halogens is 1. The van der Waals surface area contributed by atoms with Crippen LogP contribution in [-0.2, 0) is 0 Å². The van der Waals surface area contributed by atoms with Crippen molar-refractivity contribution in [2.45, 2.75) is 25.3 Å². The molecule has 0 saturated heterocycles. The Kier molecular flexibility index (Phi) is 6.46. The highest BCUT2D eigenvalue weighted by atomic mass is 35.5. The number of fused-ring (bicyclic) bond motifs is 1. The number of hydrogen-bond donors (Lipinski definition) is 0. The first-order valence-corrected chi connectivity index (χ1v) is 14.5. The maximum Gasteiger partial charge on any atom is 0.271 e. The van der Waals surface area contributed by atoms with Gasteiger partial charge < -0.3 is 4.42 Å². The van der Waals surface area contributed by atoms with Gasteiger partial charge in [-0.2, -0.15) is 0 Å². The zero-order valence-electron chi connectivity index (χ0n) is 21.6. The van der Waals surface area contributed by atoms with Crippen molar-refractivity contribution in [3.8, 4) is 11.3 Å². The molecule has 2 aromatic heterocycles. The number of hydrogen-bond acceptors (Lipinski definition) is 4. The van der Waals surface area contributed by atoms with Gasteiger partial charge in [0, 0.05) is 16.7 Å². The van der Waals surface area contributed by atoms with Crippen LogP contribution in [-0.4, -0.2) is 4.57 Å². The summed E-state index contributed by atoms with van der Waals surface area (Å²) in [5.74, 6) is 1.35. The fourth-order valence-electron chi connectivity index (χ4n) is 5.57. The number of nitrogens with zero attached hydrogens (tertiary/aromatic N) is 2. The Bertz CT molecular complexity index is 1950. The average molecular weight is 561 g/mol. The molecule has 196 valence electrons. The van der Waals surface area contributed by atoms with E-state index in [1.165, 1.54) is 22.5 Å². The van der Waals surface area contributed by atoms with Crippen LogP contribution in [0.2, 0.25) is 5.02 Å². The van der Waals surface area contributed by atoms with E-state index in [1.54, 1.807) is 0 Å². The van der Waals surface area contributed by atoms with Gasteiger partial charge in [-0.05, 0) is 84.0 Å². The zero-order chi connectivity index (χ0) is 27.1. The third kappa shape index (κ3) is 4.61. The van der Waals surface area contributed by atoms with Crippen LogP contribution in [0.3, 0.4) is 0 Å². The monoisotopic (exact) mass is 560 g/mol. The normalized spacial score (nSPS) is 18.0. The highest BCUT2D eigenvalue weighted by molar-refractivity contribution is 7.07. The molecular weight excluding hydrogens is 536 g/mol. The van der Waals surface area contributed by atoms with Crippen molar-refractivity contribution >= 4 is 35.1 Å². The minimum absolute atomic E-state index is 0.0484. The van der Waals surface area contributed by atoms with Gasteiger partial charge in [-0.1, -0.05) is 83.6 Å². The van der Waals surface area contributed by atoms with Crippen LogP contribution >= 0.6 is 22.9 Å². The largest absolute Gasteiger partial charge is 0.457 e. The van der Waals surface area contributed by atoms with Gasteiger partial charge in [0.1, 0.15) is 11.5 Å². The van der Waals surface area contributed by atoms with Gasteiger partial charge in [0.05, 0.1) is 16.3 Å². The van der Waals surface area contributed by atoms with Crippen molar-refractivity contribution in [3.63, 3.8) is 0 Å². The maximum absolute atomic E-state index is 14.0. The van der Waals surface area contributed by atoms with E-state index < -0.39 is 0 Å². The second-order valence-corrected chi connectivity index (χ2v) is 11.5. The Hall–Kier alpha value is -4.19. The Balaban J connectivity index is 1.37. The summed E-state index contributed by atoms with van der Waals surface area (Å²) in [6.45, 7) is 0. The highest BCUT2D eigenvalue weighted by Gasteiger charge is 2.32. The summed E-state index contributed by atoms with van der Waals surface area (Å²) in [7, 11) is 0. The number of allylic oxidation sites excluding steroid dienone is 2. The molecule has 40 heavy (non-hydrogen) atoms. The lowest BCUT2D eigenvalue weighted by atomic mass is 9.84. The molecule has 3 heterocycles. The molecule has 7 rings (SSSR count). The second-order valence-electron chi connectivity index (χ2n) is 10.0. The van der Waals surface area contributed by atoms with Crippen LogP contribution < -0.4 is 14.9 Å². The zero-order valence-corrected chi connectivity index (χ0v) is 23.2. The lowest BCUT2D eigenvalue weighted by Gasteiger charge is -2.31. The van der Waals surface area contributed by atoms with Crippen molar-refractivity contribution in [2.75, 3.05) is 0 Å². The molecule has 1 atom stereocenters. The fourth-order valence-corrected chi connectivity index (χ4v) is 6.68. The lowest BCUT2D eigenvalue weighted by Crippen LogP contribution is -2.39. The SMILES string of the molecule is O=c1c(=Cc2ccc(-c3ccc(Cl)cc3)o2)sc2n1[C@@H](c1ccccc1)C1=C(N=2)/C(=C/c2ccccc2)CCC1. The molecule has 6 heteroatoms. The summed E-state index contributed by atoms with van der Waals surface area (Å²) in [4.78, 5) is 19.8. The van der Waals surface area contributed by atoms with Crippen LogP contribution in [0.5, 0.6) is 0 Å². The van der Waals surface area contributed by atoms with Gasteiger partial charge in [0.25, 0.3) is 5.56 Å². The number of aromatic nitrogens is 1. The molecule has 4 nitrogen and oxygen atoms in total. The first kappa shape index (κ1) is 24.8. The summed E-state index contributed by atoms with van der Waals surface area (Å²) >= 11 is 7.46. The van der Waals surface area contributed by atoms with Crippen LogP contribution in [0.4, 0.5) is 0 Å². The van der Waals surface area contributed by atoms with Crippen LogP contribution in [0.1, 0.15) is 42.2 Å². The maximum atomic E-state index is 14.0. The third-order valence-corrected chi connectivity index (χ3v) is 8.65. The molecule has 0 fully saturated rings. The minimum atomic E-state index is -0.185. The third-order valence-electron chi connectivity index (χ3n) is 7.42. The van der Waals surface area contributed by atoms with Crippen LogP contribution in [0, 0.1) is 0 Å². The van der Waals surface area contributed by atoms with Gasteiger partial charge >= 0.3 is 0 Å². The minimum Gasteiger partial charge on any atom is -0.457 e. The molecule has 0 N–H and O–H groups in total. The molecule has 3 aromatic carbocycles. The summed E-state index contributed by atoms with van der Waals surface area (Å²) in [5, 5.41) is 0.675. The first-order valence-electron chi connectivity index (χ1n) is 13.4. The molecule has 5 aromatic rings. The van der Waals surface area contributed by atoms with Crippen molar-refractivity contribution in [1.82, 2.24) is 4.57 Å². The molecule has 0 amide bonds. The molecule has 0 radical (unpaired) electrons. The molecule has 0 bridgehead atoms. The van der Waals surface area contributed by atoms with Gasteiger partial charge in [0.2, 0.25) is 0 Å². The molecule has 1 aliphatic carbocycles. The van der Waals surface area contributed by atoms with Gasteiger partial charge in [-0.3, -0.25) is 9.36 Å². The quantitative estimate of drug-likeness (QED) is 0.230. The summed E-state index contributed by atoms with van der Waals surface area (Å²) in [6, 6.07) is 31.8. The van der Waals surface area contributed by atoms with Crippen molar-refractivity contribution in [3.05, 3.63) is 156 Å². The standard InChI is InChI=1S/C34H25ClN2O2S/c35-26-16-14-23(15-17-26)29-19-18-27(39-29)21-30-33(38)37-32(24-10-5-2-6-11-24)28-13-7-12-25(31(28)36-34(37)40-30)20-22-8-3-1-4-9-22/h1-6,8-11,14-21,32H,7,12-13H2/b25-20+,30-21?/t32-/m0/s1. The van der Waals surface area contributed by atoms with E-state index >= 15 is 0 Å². The fraction of sp³-hybridized carbons (Fsp3) is 0.118. The van der Waals surface area contributed by atoms with Crippen molar-refractivity contribution in [1.29, 1.82) is 0 Å². The molecule has 0 unspecified atom stereocenters. The number of benzene rings is 3. The Labute approximate surface area is 240 Å². The van der Waals surface area contributed by atoms with E-state index in [4.69, 9.17) is 21.0 Å². The van der Waals surface area contributed by atoms with E-state index in [-0.39, 0.29) is 11.6 Å². The van der Waals surface area contributed by atoms with Crippen molar-refractivity contribution < 1.29 is 4.42 Å². The van der Waals surface area contributed by atoms with E-state index in [9.17, 15) is 4.79 Å². The highest BCUT2D eigenvalue weighted by Crippen LogP contribution is 2.41. The van der Waals surface area contributed by atoms with Crippen molar-refractivity contribution in [2.24, 2.45) is 4.99 Å². The first-order chi connectivity index (χ1) is 19.6. The Morgan fingerprint density at radius 3 is 2.40 bits per heavy atom. The average Bonchev–Trinajstić information content (AvgIpc) is 3.58. The summed E-state index contributed by atoms with van der Waals surface area (Å²) in [6.07, 6.45) is 6.98. The Morgan fingerprint density at radius 2 is 1.62 bits per heavy atom. The Morgan fingerprint density at radius 1 is 0.875 bits per heavy atom. The lowest BCUT2D eigenvalue weighted by molar-refractivity contribution is 0.553. The van der Waals surface area contributed by atoms with E-state index in [1.807, 2.05) is 71.3 Å². The molecule has 0 saturated carbocycles. The molecule has 2 aliphatic rings. The van der Waals surface area contributed by atoms with E-state index in [2.05, 4.69) is 42.5 Å². The van der Waals surface area contributed by atoms with E-state index in [0.29, 0.717) is 20.1 Å². The predicted molar refractivity (Wildman–Crippen MR) is 162 cm³/mol. The van der Waals surface area contributed by atoms with E-state index in [0.717, 1.165) is 47.4 Å². The topological polar surface area (TPSA) is 47.5 Å². The molecule has 1 aliphatic heterocycles. The predicted octanol–water partition coefficient (Wildman–Crippen LogP) is 7.40. The number of furan rings is 1. The van der Waals surface area contributed by atoms with Crippen LogP contribution in [0.15, 0.2) is 128 Å². The molecule has 0 spiro atoms. The second kappa shape index (κ2) is 10.4. The smallest absolute Gasteiger partial charge is 0.271 e. The van der Waals surface area contributed by atoms with Gasteiger partial charge in [-0.25, -0.2) is 4.99 Å². The van der Waals surface area contributed by atoms with Gasteiger partial charge in [-0.15, -0.1) is 0 Å². The summed E-state index contributed by atoms with van der Waals surface area (Å²) < 4.78 is 8.58. The number of rotatable bonds is 4. The molecular formula is C34H25ClN2O2S.